The van der Waals surface area contributed by atoms with Crippen LogP contribution in [0, 0.1) is 17.8 Å². The van der Waals surface area contributed by atoms with Crippen LogP contribution in [0.25, 0.3) is 0 Å². The molecule has 0 heterocycles. The van der Waals surface area contributed by atoms with E-state index in [2.05, 4.69) is 5.32 Å². The van der Waals surface area contributed by atoms with Crippen molar-refractivity contribution < 1.29 is 14.7 Å². The van der Waals surface area contributed by atoms with Gasteiger partial charge >= 0.3 is 5.97 Å². The Kier molecular flexibility index (Phi) is 4.93. The predicted octanol–water partition coefficient (Wildman–Crippen LogP) is 0.411. The zero-order chi connectivity index (χ0) is 13.0. The molecule has 1 amide bonds. The first-order valence-corrected chi connectivity index (χ1v) is 6.07. The molecule has 0 aromatic carbocycles. The standard InChI is InChI=1S/C12H22N2O3/c1-8-6-9(10(7-8)12(16)17)11(15)13-4-5-14(2)3/h8-10H,4-7H2,1-3H3,(H,13,15)(H,16,17)/t8?,9-,10+/m0/s1. The molecule has 1 aliphatic rings. The number of carboxylic acid groups (broad SMARTS) is 1. The quantitative estimate of drug-likeness (QED) is 0.732. The Morgan fingerprint density at radius 3 is 2.41 bits per heavy atom. The fourth-order valence-electron chi connectivity index (χ4n) is 2.39. The van der Waals surface area contributed by atoms with Gasteiger partial charge in [-0.1, -0.05) is 6.92 Å². The number of carbonyl (C=O) groups is 2. The first kappa shape index (κ1) is 14.0. The fraction of sp³-hybridized carbons (Fsp3) is 0.833. The summed E-state index contributed by atoms with van der Waals surface area (Å²) in [6.45, 7) is 3.35. The number of aliphatic carboxylic acids is 1. The third-order valence-electron chi connectivity index (χ3n) is 3.31. The van der Waals surface area contributed by atoms with Crippen LogP contribution in [0.1, 0.15) is 19.8 Å². The van der Waals surface area contributed by atoms with Crippen molar-refractivity contribution in [1.29, 1.82) is 0 Å². The molecule has 17 heavy (non-hydrogen) atoms. The number of carbonyl (C=O) groups excluding carboxylic acids is 1. The van der Waals surface area contributed by atoms with Gasteiger partial charge in [0.25, 0.3) is 0 Å². The Hall–Kier alpha value is -1.10. The topological polar surface area (TPSA) is 69.6 Å². The van der Waals surface area contributed by atoms with Crippen molar-refractivity contribution in [3.8, 4) is 0 Å². The van der Waals surface area contributed by atoms with Crippen LogP contribution in [0.15, 0.2) is 0 Å². The molecule has 1 aliphatic carbocycles. The van der Waals surface area contributed by atoms with Crippen LogP contribution in [-0.2, 0) is 9.59 Å². The third-order valence-corrected chi connectivity index (χ3v) is 3.31. The van der Waals surface area contributed by atoms with Crippen molar-refractivity contribution in [3.63, 3.8) is 0 Å². The van der Waals surface area contributed by atoms with Gasteiger partial charge in [-0.05, 0) is 32.9 Å². The molecule has 3 atom stereocenters. The molecule has 5 nitrogen and oxygen atoms in total. The summed E-state index contributed by atoms with van der Waals surface area (Å²) in [5, 5.41) is 11.9. The van der Waals surface area contributed by atoms with E-state index >= 15 is 0 Å². The molecule has 0 spiro atoms. The molecule has 2 N–H and O–H groups in total. The molecule has 0 radical (unpaired) electrons. The molecule has 0 aromatic rings. The monoisotopic (exact) mass is 242 g/mol. The molecular weight excluding hydrogens is 220 g/mol. The Morgan fingerprint density at radius 1 is 1.29 bits per heavy atom. The van der Waals surface area contributed by atoms with Gasteiger partial charge in [0.1, 0.15) is 0 Å². The van der Waals surface area contributed by atoms with E-state index in [0.29, 0.717) is 25.3 Å². The summed E-state index contributed by atoms with van der Waals surface area (Å²) in [5.74, 6) is -1.50. The number of nitrogens with one attached hydrogen (secondary N) is 1. The Labute approximate surface area is 102 Å². The summed E-state index contributed by atoms with van der Waals surface area (Å²) in [6.07, 6.45) is 1.30. The zero-order valence-corrected chi connectivity index (χ0v) is 10.8. The molecule has 0 saturated heterocycles. The highest BCUT2D eigenvalue weighted by atomic mass is 16.4. The van der Waals surface area contributed by atoms with E-state index in [1.54, 1.807) is 0 Å². The number of hydrogen-bond acceptors (Lipinski definition) is 3. The lowest BCUT2D eigenvalue weighted by Crippen LogP contribution is -2.38. The number of carboxylic acids is 1. The Bertz CT molecular complexity index is 291. The van der Waals surface area contributed by atoms with Crippen molar-refractivity contribution in [1.82, 2.24) is 10.2 Å². The van der Waals surface area contributed by atoms with Crippen LogP contribution in [0.5, 0.6) is 0 Å². The first-order chi connectivity index (χ1) is 7.91. The molecular formula is C12H22N2O3. The fourth-order valence-corrected chi connectivity index (χ4v) is 2.39. The normalized spacial score (nSPS) is 28.4. The minimum absolute atomic E-state index is 0.108. The van der Waals surface area contributed by atoms with Crippen LogP contribution in [0.3, 0.4) is 0 Å². The van der Waals surface area contributed by atoms with Crippen LogP contribution in [0.2, 0.25) is 0 Å². The molecule has 1 unspecified atom stereocenters. The van der Waals surface area contributed by atoms with E-state index in [1.165, 1.54) is 0 Å². The molecule has 0 bridgehead atoms. The highest BCUT2D eigenvalue weighted by Crippen LogP contribution is 2.36. The highest BCUT2D eigenvalue weighted by Gasteiger charge is 2.40. The Balaban J connectivity index is 2.47. The van der Waals surface area contributed by atoms with Gasteiger partial charge in [-0.2, -0.15) is 0 Å². The number of hydrogen-bond donors (Lipinski definition) is 2. The zero-order valence-electron chi connectivity index (χ0n) is 10.8. The molecule has 1 fully saturated rings. The molecule has 5 heteroatoms. The summed E-state index contributed by atoms with van der Waals surface area (Å²) in [4.78, 5) is 24.9. The number of rotatable bonds is 5. The van der Waals surface area contributed by atoms with E-state index in [9.17, 15) is 9.59 Å². The van der Waals surface area contributed by atoms with Crippen LogP contribution in [0.4, 0.5) is 0 Å². The van der Waals surface area contributed by atoms with Crippen LogP contribution >= 0.6 is 0 Å². The lowest BCUT2D eigenvalue weighted by Gasteiger charge is -2.16. The van der Waals surface area contributed by atoms with Gasteiger partial charge in [0.2, 0.25) is 5.91 Å². The predicted molar refractivity (Wildman–Crippen MR) is 64.6 cm³/mol. The van der Waals surface area contributed by atoms with Crippen molar-refractivity contribution in [3.05, 3.63) is 0 Å². The second-order valence-electron chi connectivity index (χ2n) is 5.22. The van der Waals surface area contributed by atoms with Gasteiger partial charge in [-0.25, -0.2) is 0 Å². The average molecular weight is 242 g/mol. The largest absolute Gasteiger partial charge is 0.481 e. The van der Waals surface area contributed by atoms with Crippen LogP contribution < -0.4 is 5.32 Å². The lowest BCUT2D eigenvalue weighted by atomic mass is 9.95. The third kappa shape index (κ3) is 4.00. The summed E-state index contributed by atoms with van der Waals surface area (Å²) >= 11 is 0. The maximum atomic E-state index is 11.9. The molecule has 1 saturated carbocycles. The minimum atomic E-state index is -0.845. The van der Waals surface area contributed by atoms with Crippen LogP contribution in [-0.4, -0.2) is 49.1 Å². The first-order valence-electron chi connectivity index (χ1n) is 6.07. The maximum absolute atomic E-state index is 11.9. The van der Waals surface area contributed by atoms with Crippen molar-refractivity contribution >= 4 is 11.9 Å². The molecule has 98 valence electrons. The number of amides is 1. The summed E-state index contributed by atoms with van der Waals surface area (Å²) in [6, 6.07) is 0. The van der Waals surface area contributed by atoms with E-state index in [1.807, 2.05) is 25.9 Å². The average Bonchev–Trinajstić information content (AvgIpc) is 2.59. The summed E-state index contributed by atoms with van der Waals surface area (Å²) in [7, 11) is 3.87. The van der Waals surface area contributed by atoms with Crippen molar-refractivity contribution in [2.45, 2.75) is 19.8 Å². The molecule has 0 aromatic heterocycles. The van der Waals surface area contributed by atoms with Gasteiger partial charge in [-0.3, -0.25) is 9.59 Å². The molecule has 1 rings (SSSR count). The molecule has 0 aliphatic heterocycles. The van der Waals surface area contributed by atoms with Crippen molar-refractivity contribution in [2.24, 2.45) is 17.8 Å². The SMILES string of the molecule is CC1C[C@H](C(=O)NCCN(C)C)[C@H](C(=O)O)C1. The maximum Gasteiger partial charge on any atom is 0.307 e. The van der Waals surface area contributed by atoms with E-state index in [0.717, 1.165) is 6.54 Å². The second kappa shape index (κ2) is 6.00. The van der Waals surface area contributed by atoms with E-state index in [4.69, 9.17) is 5.11 Å². The van der Waals surface area contributed by atoms with Crippen molar-refractivity contribution in [2.75, 3.05) is 27.2 Å². The minimum Gasteiger partial charge on any atom is -0.481 e. The van der Waals surface area contributed by atoms with Gasteiger partial charge in [0.15, 0.2) is 0 Å². The van der Waals surface area contributed by atoms with E-state index < -0.39 is 11.9 Å². The lowest BCUT2D eigenvalue weighted by molar-refractivity contribution is -0.146. The Morgan fingerprint density at radius 2 is 1.88 bits per heavy atom. The summed E-state index contributed by atoms with van der Waals surface area (Å²) in [5.41, 5.74) is 0. The van der Waals surface area contributed by atoms with Gasteiger partial charge in [0, 0.05) is 13.1 Å². The van der Waals surface area contributed by atoms with Gasteiger partial charge in [-0.15, -0.1) is 0 Å². The number of likely N-dealkylation sites (N-methyl/N-ethyl adjacent to an activating group) is 1. The second-order valence-corrected chi connectivity index (χ2v) is 5.22. The highest BCUT2D eigenvalue weighted by molar-refractivity contribution is 5.85. The van der Waals surface area contributed by atoms with Gasteiger partial charge < -0.3 is 15.3 Å². The van der Waals surface area contributed by atoms with E-state index in [-0.39, 0.29) is 11.8 Å². The van der Waals surface area contributed by atoms with Gasteiger partial charge in [0.05, 0.1) is 11.8 Å². The summed E-state index contributed by atoms with van der Waals surface area (Å²) < 4.78 is 0. The number of nitrogens with zero attached hydrogens (tertiary/aromatic N) is 1. The smallest absolute Gasteiger partial charge is 0.307 e.